The van der Waals surface area contributed by atoms with Crippen LogP contribution < -0.4 is 5.32 Å². The zero-order valence-corrected chi connectivity index (χ0v) is 12.4. The van der Waals surface area contributed by atoms with Gasteiger partial charge in [-0.2, -0.15) is 0 Å². The minimum Gasteiger partial charge on any atom is -0.374 e. The first-order valence-corrected chi connectivity index (χ1v) is 6.86. The van der Waals surface area contributed by atoms with Gasteiger partial charge in [0.05, 0.1) is 18.2 Å². The highest BCUT2D eigenvalue weighted by atomic mass is 16.5. The standard InChI is InChI=1S/C16H27NO/c1-6-10-17-15(12-18-16(3,4)5)14-9-7-8-13(2)11-14/h7-9,11,15,17H,6,10,12H2,1-5H3. The molecular weight excluding hydrogens is 222 g/mol. The summed E-state index contributed by atoms with van der Waals surface area (Å²) < 4.78 is 5.92. The lowest BCUT2D eigenvalue weighted by atomic mass is 10.0. The molecule has 1 rings (SSSR count). The molecule has 0 amide bonds. The molecule has 1 N–H and O–H groups in total. The summed E-state index contributed by atoms with van der Waals surface area (Å²) in [6, 6.07) is 8.93. The van der Waals surface area contributed by atoms with Gasteiger partial charge >= 0.3 is 0 Å². The van der Waals surface area contributed by atoms with Crippen LogP contribution >= 0.6 is 0 Å². The van der Waals surface area contributed by atoms with Gasteiger partial charge < -0.3 is 10.1 Å². The molecule has 0 saturated carbocycles. The van der Waals surface area contributed by atoms with Gasteiger partial charge in [0.2, 0.25) is 0 Å². The van der Waals surface area contributed by atoms with E-state index in [-0.39, 0.29) is 11.6 Å². The summed E-state index contributed by atoms with van der Waals surface area (Å²) in [5.74, 6) is 0. The summed E-state index contributed by atoms with van der Waals surface area (Å²) in [6.07, 6.45) is 1.14. The molecule has 18 heavy (non-hydrogen) atoms. The molecular formula is C16H27NO. The van der Waals surface area contributed by atoms with E-state index in [0.717, 1.165) is 13.0 Å². The molecule has 0 spiro atoms. The highest BCUT2D eigenvalue weighted by molar-refractivity contribution is 5.25. The fourth-order valence-corrected chi connectivity index (χ4v) is 1.81. The van der Waals surface area contributed by atoms with E-state index < -0.39 is 0 Å². The molecule has 0 aromatic heterocycles. The van der Waals surface area contributed by atoms with E-state index in [2.05, 4.69) is 64.2 Å². The third-order valence-electron chi connectivity index (χ3n) is 2.77. The van der Waals surface area contributed by atoms with Crippen molar-refractivity contribution in [2.45, 2.75) is 52.7 Å². The number of hydrogen-bond donors (Lipinski definition) is 1. The highest BCUT2D eigenvalue weighted by Gasteiger charge is 2.16. The van der Waals surface area contributed by atoms with Crippen LogP contribution in [0.15, 0.2) is 24.3 Å². The summed E-state index contributed by atoms with van der Waals surface area (Å²) in [5.41, 5.74) is 2.52. The van der Waals surface area contributed by atoms with Crippen molar-refractivity contribution in [2.75, 3.05) is 13.2 Å². The summed E-state index contributed by atoms with van der Waals surface area (Å²) in [5, 5.41) is 3.56. The maximum Gasteiger partial charge on any atom is 0.0668 e. The van der Waals surface area contributed by atoms with Crippen LogP contribution in [0.3, 0.4) is 0 Å². The first-order valence-electron chi connectivity index (χ1n) is 6.86. The molecule has 0 saturated heterocycles. The molecule has 2 heteroatoms. The molecule has 102 valence electrons. The number of aryl methyl sites for hydroxylation is 1. The van der Waals surface area contributed by atoms with Gasteiger partial charge in [0.25, 0.3) is 0 Å². The van der Waals surface area contributed by atoms with Crippen LogP contribution in [0.5, 0.6) is 0 Å². The first kappa shape index (κ1) is 15.2. The average Bonchev–Trinajstić information content (AvgIpc) is 2.28. The van der Waals surface area contributed by atoms with Crippen molar-refractivity contribution < 1.29 is 4.74 Å². The molecule has 0 aliphatic heterocycles. The van der Waals surface area contributed by atoms with Crippen LogP contribution in [-0.4, -0.2) is 18.8 Å². The maximum atomic E-state index is 5.92. The van der Waals surface area contributed by atoms with Gasteiger partial charge in [-0.1, -0.05) is 36.8 Å². The van der Waals surface area contributed by atoms with Crippen molar-refractivity contribution in [1.82, 2.24) is 5.32 Å². The Morgan fingerprint density at radius 2 is 2.00 bits per heavy atom. The first-order chi connectivity index (χ1) is 8.42. The topological polar surface area (TPSA) is 21.3 Å². The predicted molar refractivity (Wildman–Crippen MR) is 77.9 cm³/mol. The Bertz CT molecular complexity index is 354. The second-order valence-corrected chi connectivity index (χ2v) is 5.84. The summed E-state index contributed by atoms with van der Waals surface area (Å²) >= 11 is 0. The summed E-state index contributed by atoms with van der Waals surface area (Å²) in [4.78, 5) is 0. The zero-order chi connectivity index (χ0) is 13.6. The van der Waals surface area contributed by atoms with Crippen molar-refractivity contribution in [2.24, 2.45) is 0 Å². The Labute approximate surface area is 112 Å². The molecule has 0 aliphatic rings. The number of nitrogens with one attached hydrogen (secondary N) is 1. The van der Waals surface area contributed by atoms with Gasteiger partial charge in [-0.15, -0.1) is 0 Å². The molecule has 1 aromatic rings. The quantitative estimate of drug-likeness (QED) is 0.827. The van der Waals surface area contributed by atoms with Crippen LogP contribution in [0.2, 0.25) is 0 Å². The van der Waals surface area contributed by atoms with Crippen molar-refractivity contribution in [3.8, 4) is 0 Å². The molecule has 0 radical (unpaired) electrons. The van der Waals surface area contributed by atoms with Crippen molar-refractivity contribution in [3.63, 3.8) is 0 Å². The third-order valence-corrected chi connectivity index (χ3v) is 2.77. The van der Waals surface area contributed by atoms with Gasteiger partial charge in [0.15, 0.2) is 0 Å². The van der Waals surface area contributed by atoms with Gasteiger partial charge in [-0.05, 0) is 46.2 Å². The van der Waals surface area contributed by atoms with Crippen molar-refractivity contribution in [1.29, 1.82) is 0 Å². The van der Waals surface area contributed by atoms with E-state index >= 15 is 0 Å². The molecule has 0 bridgehead atoms. The van der Waals surface area contributed by atoms with Crippen LogP contribution in [0, 0.1) is 6.92 Å². The summed E-state index contributed by atoms with van der Waals surface area (Å²) in [6.45, 7) is 12.3. The minimum absolute atomic E-state index is 0.0873. The van der Waals surface area contributed by atoms with Gasteiger partial charge in [0, 0.05) is 0 Å². The lowest BCUT2D eigenvalue weighted by Crippen LogP contribution is -2.30. The largest absolute Gasteiger partial charge is 0.374 e. The normalized spacial score (nSPS) is 13.6. The van der Waals surface area contributed by atoms with E-state index in [1.807, 2.05) is 0 Å². The van der Waals surface area contributed by atoms with Crippen LogP contribution in [0.4, 0.5) is 0 Å². The molecule has 0 aliphatic carbocycles. The van der Waals surface area contributed by atoms with E-state index in [1.54, 1.807) is 0 Å². The Kier molecular flexibility index (Phi) is 5.83. The Morgan fingerprint density at radius 1 is 1.28 bits per heavy atom. The Balaban J connectivity index is 2.71. The van der Waals surface area contributed by atoms with Crippen molar-refractivity contribution in [3.05, 3.63) is 35.4 Å². The molecule has 1 unspecified atom stereocenters. The average molecular weight is 249 g/mol. The number of hydrogen-bond acceptors (Lipinski definition) is 2. The maximum absolute atomic E-state index is 5.92. The minimum atomic E-state index is -0.0873. The number of ether oxygens (including phenoxy) is 1. The van der Waals surface area contributed by atoms with E-state index in [4.69, 9.17) is 4.74 Å². The highest BCUT2D eigenvalue weighted by Crippen LogP contribution is 2.18. The van der Waals surface area contributed by atoms with E-state index in [0.29, 0.717) is 6.61 Å². The van der Waals surface area contributed by atoms with Gasteiger partial charge in [0.1, 0.15) is 0 Å². The zero-order valence-electron chi connectivity index (χ0n) is 12.4. The fourth-order valence-electron chi connectivity index (χ4n) is 1.81. The Morgan fingerprint density at radius 3 is 2.56 bits per heavy atom. The van der Waals surface area contributed by atoms with E-state index in [9.17, 15) is 0 Å². The fraction of sp³-hybridized carbons (Fsp3) is 0.625. The second kappa shape index (κ2) is 6.91. The van der Waals surface area contributed by atoms with Gasteiger partial charge in [-0.3, -0.25) is 0 Å². The van der Waals surface area contributed by atoms with Gasteiger partial charge in [-0.25, -0.2) is 0 Å². The molecule has 1 aromatic carbocycles. The second-order valence-electron chi connectivity index (χ2n) is 5.84. The Hall–Kier alpha value is -0.860. The SMILES string of the molecule is CCCNC(COC(C)(C)C)c1cccc(C)c1. The summed E-state index contributed by atoms with van der Waals surface area (Å²) in [7, 11) is 0. The monoisotopic (exact) mass is 249 g/mol. The number of rotatable bonds is 6. The molecule has 1 atom stereocenters. The molecule has 2 nitrogen and oxygen atoms in total. The van der Waals surface area contributed by atoms with E-state index in [1.165, 1.54) is 11.1 Å². The van der Waals surface area contributed by atoms with Crippen molar-refractivity contribution >= 4 is 0 Å². The smallest absolute Gasteiger partial charge is 0.0668 e. The predicted octanol–water partition coefficient (Wildman–Crippen LogP) is 3.85. The van der Waals surface area contributed by atoms with Crippen LogP contribution in [0.25, 0.3) is 0 Å². The lowest BCUT2D eigenvalue weighted by Gasteiger charge is -2.25. The van der Waals surface area contributed by atoms with Crippen LogP contribution in [-0.2, 0) is 4.74 Å². The lowest BCUT2D eigenvalue weighted by molar-refractivity contribution is -0.0147. The van der Waals surface area contributed by atoms with Crippen LogP contribution in [0.1, 0.15) is 51.3 Å². The molecule has 0 fully saturated rings. The number of benzene rings is 1. The molecule has 0 heterocycles. The third kappa shape index (κ3) is 5.65.